The fraction of sp³-hybridized carbons (Fsp3) is 0.409. The summed E-state index contributed by atoms with van der Waals surface area (Å²) in [5, 5.41) is 3.73. The molecule has 146 valence electrons. The number of fused-ring (bicyclic) bond motifs is 2. The van der Waals surface area contributed by atoms with Crippen molar-refractivity contribution in [2.24, 2.45) is 11.3 Å². The Morgan fingerprint density at radius 2 is 2.11 bits per heavy atom. The monoisotopic (exact) mass is 394 g/mol. The Bertz CT molecular complexity index is 1050. The van der Waals surface area contributed by atoms with Gasteiger partial charge in [-0.15, -0.1) is 11.3 Å². The van der Waals surface area contributed by atoms with Crippen molar-refractivity contribution in [1.29, 1.82) is 0 Å². The van der Waals surface area contributed by atoms with Crippen molar-refractivity contribution in [3.05, 3.63) is 46.1 Å². The smallest absolute Gasteiger partial charge is 0.269 e. The van der Waals surface area contributed by atoms with Gasteiger partial charge in [-0.1, -0.05) is 26.8 Å². The normalized spacial score (nSPS) is 16.8. The molecule has 1 aliphatic carbocycles. The van der Waals surface area contributed by atoms with Crippen LogP contribution >= 0.6 is 11.3 Å². The molecule has 0 aromatic carbocycles. The zero-order valence-corrected chi connectivity index (χ0v) is 17.6. The lowest BCUT2D eigenvalue weighted by molar-refractivity contribution is 0.103. The number of carbonyl (C=O) groups is 1. The number of nitrogen functional groups attached to an aromatic ring is 1. The van der Waals surface area contributed by atoms with Gasteiger partial charge in [0.25, 0.3) is 5.91 Å². The summed E-state index contributed by atoms with van der Waals surface area (Å²) in [6, 6.07) is 5.86. The molecular weight excluding hydrogens is 368 g/mol. The molecule has 28 heavy (non-hydrogen) atoms. The van der Waals surface area contributed by atoms with E-state index in [1.165, 1.54) is 16.9 Å². The van der Waals surface area contributed by atoms with Crippen LogP contribution in [0, 0.1) is 18.3 Å². The third-order valence-corrected chi connectivity index (χ3v) is 6.78. The molecule has 0 spiro atoms. The van der Waals surface area contributed by atoms with Crippen molar-refractivity contribution in [1.82, 2.24) is 9.97 Å². The van der Waals surface area contributed by atoms with Crippen LogP contribution < -0.4 is 11.1 Å². The van der Waals surface area contributed by atoms with Gasteiger partial charge in [0.15, 0.2) is 0 Å². The molecule has 1 aliphatic rings. The van der Waals surface area contributed by atoms with Crippen LogP contribution in [0.25, 0.3) is 10.2 Å². The summed E-state index contributed by atoms with van der Waals surface area (Å²) in [5.41, 5.74) is 10.6. The average molecular weight is 395 g/mol. The van der Waals surface area contributed by atoms with Crippen LogP contribution in [0.4, 0.5) is 11.5 Å². The molecule has 3 N–H and O–H groups in total. The zero-order chi connectivity index (χ0) is 20.1. The Morgan fingerprint density at radius 1 is 1.32 bits per heavy atom. The van der Waals surface area contributed by atoms with E-state index in [0.717, 1.165) is 40.7 Å². The number of nitrogens with one attached hydrogen (secondary N) is 1. The lowest BCUT2D eigenvalue weighted by Crippen LogP contribution is -2.27. The average Bonchev–Trinajstić information content (AvgIpc) is 2.96. The van der Waals surface area contributed by atoms with Crippen LogP contribution in [0.2, 0.25) is 0 Å². The third kappa shape index (κ3) is 3.49. The molecule has 6 heteroatoms. The van der Waals surface area contributed by atoms with Gasteiger partial charge in [0, 0.05) is 17.3 Å². The summed E-state index contributed by atoms with van der Waals surface area (Å²) >= 11 is 1.36. The molecule has 0 saturated heterocycles. The largest absolute Gasteiger partial charge is 0.397 e. The van der Waals surface area contributed by atoms with Crippen molar-refractivity contribution < 1.29 is 4.79 Å². The molecule has 1 amide bonds. The van der Waals surface area contributed by atoms with E-state index in [4.69, 9.17) is 10.7 Å². The summed E-state index contributed by atoms with van der Waals surface area (Å²) in [6.07, 6.45) is 4.89. The van der Waals surface area contributed by atoms with Gasteiger partial charge in [-0.25, -0.2) is 9.97 Å². The quantitative estimate of drug-likeness (QED) is 0.642. The Morgan fingerprint density at radius 3 is 2.79 bits per heavy atom. The van der Waals surface area contributed by atoms with E-state index in [-0.39, 0.29) is 11.3 Å². The van der Waals surface area contributed by atoms with Crippen molar-refractivity contribution >= 4 is 39.0 Å². The van der Waals surface area contributed by atoms with E-state index in [0.29, 0.717) is 22.3 Å². The summed E-state index contributed by atoms with van der Waals surface area (Å²) in [4.78, 5) is 23.2. The first-order chi connectivity index (χ1) is 13.2. The van der Waals surface area contributed by atoms with Crippen LogP contribution in [-0.2, 0) is 12.8 Å². The molecule has 1 unspecified atom stereocenters. The topological polar surface area (TPSA) is 80.9 Å². The van der Waals surface area contributed by atoms with Crippen LogP contribution in [-0.4, -0.2) is 15.9 Å². The second-order valence-corrected chi connectivity index (χ2v) is 9.77. The number of rotatable bonds is 2. The number of nitrogens with zero attached hydrogens (tertiary/aromatic N) is 2. The van der Waals surface area contributed by atoms with Crippen molar-refractivity contribution in [3.8, 4) is 0 Å². The van der Waals surface area contributed by atoms with E-state index >= 15 is 0 Å². The number of thiophene rings is 1. The molecule has 0 radical (unpaired) electrons. The molecule has 3 aromatic rings. The van der Waals surface area contributed by atoms with Gasteiger partial charge in [0.1, 0.15) is 15.5 Å². The summed E-state index contributed by atoms with van der Waals surface area (Å²) in [7, 11) is 0. The molecule has 3 heterocycles. The highest BCUT2D eigenvalue weighted by atomic mass is 32.1. The number of anilines is 2. The highest BCUT2D eigenvalue weighted by Crippen LogP contribution is 2.40. The number of aryl methyl sites for hydroxylation is 2. The van der Waals surface area contributed by atoms with E-state index in [1.54, 1.807) is 12.3 Å². The predicted molar refractivity (Wildman–Crippen MR) is 116 cm³/mol. The maximum Gasteiger partial charge on any atom is 0.269 e. The maximum absolute atomic E-state index is 12.7. The highest BCUT2D eigenvalue weighted by Gasteiger charge is 2.30. The summed E-state index contributed by atoms with van der Waals surface area (Å²) in [5.74, 6) is 0.921. The van der Waals surface area contributed by atoms with Gasteiger partial charge >= 0.3 is 0 Å². The fourth-order valence-corrected chi connectivity index (χ4v) is 4.80. The molecule has 0 bridgehead atoms. The highest BCUT2D eigenvalue weighted by molar-refractivity contribution is 7.21. The third-order valence-electron chi connectivity index (χ3n) is 5.67. The maximum atomic E-state index is 12.7. The molecule has 4 rings (SSSR count). The van der Waals surface area contributed by atoms with E-state index in [9.17, 15) is 4.79 Å². The number of hydrogen-bond acceptors (Lipinski definition) is 5. The minimum absolute atomic E-state index is 0.234. The number of hydrogen-bond donors (Lipinski definition) is 2. The van der Waals surface area contributed by atoms with E-state index in [1.807, 2.05) is 13.0 Å². The first-order valence-electron chi connectivity index (χ1n) is 9.67. The minimum Gasteiger partial charge on any atom is -0.397 e. The molecule has 0 saturated carbocycles. The molecular formula is C22H26N4OS. The zero-order valence-electron chi connectivity index (χ0n) is 16.8. The standard InChI is InChI=1S/C22H26N4OS/c1-12-5-8-17(24-11-12)26-20(27)19-18(23)15-10-13-9-14(22(2,3)4)6-7-16(13)25-21(15)28-19/h5,8,10-11,14H,6-7,9,23H2,1-4H3,(H,24,26,27). The molecule has 0 fully saturated rings. The van der Waals surface area contributed by atoms with Crippen molar-refractivity contribution in [2.75, 3.05) is 11.1 Å². The SMILES string of the molecule is Cc1ccc(NC(=O)c2sc3nc4c(cc3c2N)CC(C(C)(C)C)CC4)nc1. The number of carbonyl (C=O) groups excluding carboxylic acids is 1. The molecule has 5 nitrogen and oxygen atoms in total. The first-order valence-corrected chi connectivity index (χ1v) is 10.5. The fourth-order valence-electron chi connectivity index (χ4n) is 3.81. The van der Waals surface area contributed by atoms with Crippen LogP contribution in [0.5, 0.6) is 0 Å². The second kappa shape index (κ2) is 6.85. The molecule has 1 atom stereocenters. The number of nitrogens with two attached hydrogens (primary N) is 1. The Balaban J connectivity index is 1.65. The van der Waals surface area contributed by atoms with E-state index in [2.05, 4.69) is 37.1 Å². The van der Waals surface area contributed by atoms with Crippen LogP contribution in [0.3, 0.4) is 0 Å². The van der Waals surface area contributed by atoms with Crippen LogP contribution in [0.1, 0.15) is 53.7 Å². The minimum atomic E-state index is -0.234. The Kier molecular flexibility index (Phi) is 4.62. The van der Waals surface area contributed by atoms with Gasteiger partial charge in [-0.05, 0) is 60.8 Å². The number of amides is 1. The van der Waals surface area contributed by atoms with Gasteiger partial charge < -0.3 is 11.1 Å². The lowest BCUT2D eigenvalue weighted by atomic mass is 9.71. The summed E-state index contributed by atoms with van der Waals surface area (Å²) < 4.78 is 0. The first kappa shape index (κ1) is 18.9. The number of aromatic nitrogens is 2. The predicted octanol–water partition coefficient (Wildman–Crippen LogP) is 4.99. The van der Waals surface area contributed by atoms with Crippen molar-refractivity contribution in [2.45, 2.75) is 47.0 Å². The van der Waals surface area contributed by atoms with Gasteiger partial charge in [-0.2, -0.15) is 0 Å². The second-order valence-electron chi connectivity index (χ2n) is 8.77. The van der Waals surface area contributed by atoms with Gasteiger partial charge in [0.05, 0.1) is 5.69 Å². The van der Waals surface area contributed by atoms with Gasteiger partial charge in [-0.3, -0.25) is 4.79 Å². The van der Waals surface area contributed by atoms with Crippen molar-refractivity contribution in [3.63, 3.8) is 0 Å². The lowest BCUT2D eigenvalue weighted by Gasteiger charge is -2.34. The molecule has 0 aliphatic heterocycles. The molecule has 3 aromatic heterocycles. The summed E-state index contributed by atoms with van der Waals surface area (Å²) in [6.45, 7) is 8.86. The van der Waals surface area contributed by atoms with Crippen LogP contribution in [0.15, 0.2) is 24.4 Å². The van der Waals surface area contributed by atoms with Gasteiger partial charge in [0.2, 0.25) is 0 Å². The Hall–Kier alpha value is -2.47. The Labute approximate surface area is 169 Å². The number of pyridine rings is 2. The van der Waals surface area contributed by atoms with E-state index < -0.39 is 0 Å².